The van der Waals surface area contributed by atoms with Gasteiger partial charge in [-0.25, -0.2) is 0 Å². The van der Waals surface area contributed by atoms with E-state index < -0.39 is 0 Å². The maximum Gasteiger partial charge on any atom is 0.100 e. The van der Waals surface area contributed by atoms with Gasteiger partial charge in [-0.3, -0.25) is 0 Å². The van der Waals surface area contributed by atoms with E-state index in [1.165, 1.54) is 0 Å². The molecule has 2 aromatic rings. The molecule has 1 heteroatoms. The van der Waals surface area contributed by atoms with Crippen LogP contribution in [0.3, 0.4) is 0 Å². The smallest absolute Gasteiger partial charge is 0.100 e. The van der Waals surface area contributed by atoms with Crippen LogP contribution >= 0.6 is 0 Å². The van der Waals surface area contributed by atoms with Crippen molar-refractivity contribution in [3.8, 4) is 29.8 Å². The van der Waals surface area contributed by atoms with Gasteiger partial charge in [0.2, 0.25) is 0 Å². The van der Waals surface area contributed by atoms with Gasteiger partial charge in [-0.15, -0.1) is 0 Å². The maximum absolute atomic E-state index is 9.10. The molecule has 0 N–H and O–H groups in total. The molecule has 0 aliphatic carbocycles. The van der Waals surface area contributed by atoms with Crippen LogP contribution < -0.4 is 0 Å². The van der Waals surface area contributed by atoms with E-state index in [0.717, 1.165) is 16.7 Å². The molecule has 0 bridgehead atoms. The molecule has 0 amide bonds. The summed E-state index contributed by atoms with van der Waals surface area (Å²) in [5.74, 6) is 12.6. The van der Waals surface area contributed by atoms with Gasteiger partial charge in [0, 0.05) is 22.1 Å². The van der Waals surface area contributed by atoms with E-state index in [9.17, 15) is 0 Å². The topological polar surface area (TPSA) is 23.8 Å². The first-order chi connectivity index (χ1) is 10.5. The Morgan fingerprint density at radius 2 is 1.09 bits per heavy atom. The van der Waals surface area contributed by atoms with Gasteiger partial charge in [0.05, 0.1) is 5.56 Å². The molecular weight excluding hydrogens is 266 g/mol. The molecular formula is C21H17N. The molecule has 0 saturated heterocycles. The normalized spacial score (nSPS) is 9.73. The molecule has 0 spiro atoms. The number of hydrogen-bond acceptors (Lipinski definition) is 1. The summed E-state index contributed by atoms with van der Waals surface area (Å²) in [6.45, 7) is 6.24. The van der Waals surface area contributed by atoms with Crippen molar-refractivity contribution in [3.05, 3.63) is 70.8 Å². The molecule has 0 saturated carbocycles. The Kier molecular flexibility index (Phi) is 4.68. The minimum atomic E-state index is -0.0477. The lowest BCUT2D eigenvalue weighted by atomic mass is 9.96. The van der Waals surface area contributed by atoms with E-state index >= 15 is 0 Å². The van der Waals surface area contributed by atoms with Crippen LogP contribution in [-0.2, 0) is 0 Å². The highest BCUT2D eigenvalue weighted by Crippen LogP contribution is 2.13. The van der Waals surface area contributed by atoms with Crippen molar-refractivity contribution in [2.24, 2.45) is 5.41 Å². The lowest BCUT2D eigenvalue weighted by Crippen LogP contribution is -1.99. The molecule has 0 aliphatic rings. The first kappa shape index (κ1) is 15.4. The quantitative estimate of drug-likeness (QED) is 0.659. The van der Waals surface area contributed by atoms with Crippen LogP contribution in [0.15, 0.2) is 48.5 Å². The van der Waals surface area contributed by atoms with Crippen molar-refractivity contribution in [2.45, 2.75) is 20.8 Å². The largest absolute Gasteiger partial charge is 0.192 e. The standard InChI is InChI=1S/C21H17N/c1-21(2,3)15-14-19-10-5-4-8-17(19)12-13-18-9-6-7-11-20(18)16-22/h4-11H,1-3H3. The van der Waals surface area contributed by atoms with E-state index in [-0.39, 0.29) is 5.41 Å². The molecule has 0 unspecified atom stereocenters. The van der Waals surface area contributed by atoms with Crippen molar-refractivity contribution >= 4 is 0 Å². The Morgan fingerprint density at radius 1 is 0.682 bits per heavy atom. The zero-order valence-corrected chi connectivity index (χ0v) is 13.1. The van der Waals surface area contributed by atoms with Gasteiger partial charge in [0.1, 0.15) is 6.07 Å². The van der Waals surface area contributed by atoms with Crippen molar-refractivity contribution in [2.75, 3.05) is 0 Å². The highest BCUT2D eigenvalue weighted by Gasteiger charge is 2.04. The summed E-state index contributed by atoms with van der Waals surface area (Å²) >= 11 is 0. The first-order valence-electron chi connectivity index (χ1n) is 7.13. The number of benzene rings is 2. The van der Waals surface area contributed by atoms with Gasteiger partial charge < -0.3 is 0 Å². The van der Waals surface area contributed by atoms with Gasteiger partial charge in [-0.05, 0) is 45.0 Å². The number of rotatable bonds is 0. The van der Waals surface area contributed by atoms with Crippen molar-refractivity contribution in [1.82, 2.24) is 0 Å². The third-order valence-electron chi connectivity index (χ3n) is 2.88. The Labute approximate surface area is 132 Å². The van der Waals surface area contributed by atoms with Gasteiger partial charge in [-0.2, -0.15) is 5.26 Å². The van der Waals surface area contributed by atoms with E-state index in [0.29, 0.717) is 5.56 Å². The van der Waals surface area contributed by atoms with E-state index in [2.05, 4.69) is 50.5 Å². The second-order valence-electron chi connectivity index (χ2n) is 5.95. The third-order valence-corrected chi connectivity index (χ3v) is 2.88. The second kappa shape index (κ2) is 6.67. The predicted molar refractivity (Wildman–Crippen MR) is 89.9 cm³/mol. The zero-order chi connectivity index (χ0) is 16.0. The van der Waals surface area contributed by atoms with Crippen LogP contribution in [0.1, 0.15) is 43.0 Å². The SMILES string of the molecule is CC(C)(C)C#Cc1ccccc1C#Cc1ccccc1C#N. The molecule has 0 fully saturated rings. The molecule has 0 aromatic heterocycles. The summed E-state index contributed by atoms with van der Waals surface area (Å²) in [5, 5.41) is 9.10. The predicted octanol–water partition coefficient (Wildman–Crippen LogP) is 4.36. The van der Waals surface area contributed by atoms with Crippen LogP contribution in [0, 0.1) is 40.4 Å². The summed E-state index contributed by atoms with van der Waals surface area (Å²) < 4.78 is 0. The van der Waals surface area contributed by atoms with Gasteiger partial charge in [-0.1, -0.05) is 47.9 Å². The summed E-state index contributed by atoms with van der Waals surface area (Å²) in [6, 6.07) is 17.3. The number of nitriles is 1. The summed E-state index contributed by atoms with van der Waals surface area (Å²) in [6.07, 6.45) is 0. The van der Waals surface area contributed by atoms with Gasteiger partial charge in [0.25, 0.3) is 0 Å². The Balaban J connectivity index is 2.42. The van der Waals surface area contributed by atoms with Crippen LogP contribution in [0.5, 0.6) is 0 Å². The minimum Gasteiger partial charge on any atom is -0.192 e. The zero-order valence-electron chi connectivity index (χ0n) is 13.1. The highest BCUT2D eigenvalue weighted by molar-refractivity contribution is 5.55. The minimum absolute atomic E-state index is 0.0477. The molecule has 22 heavy (non-hydrogen) atoms. The van der Waals surface area contributed by atoms with Crippen LogP contribution in [-0.4, -0.2) is 0 Å². The van der Waals surface area contributed by atoms with E-state index in [1.807, 2.05) is 42.5 Å². The fourth-order valence-electron chi connectivity index (χ4n) is 1.78. The van der Waals surface area contributed by atoms with E-state index in [4.69, 9.17) is 5.26 Å². The monoisotopic (exact) mass is 283 g/mol. The molecule has 106 valence electrons. The Bertz CT molecular complexity index is 837. The number of nitrogens with zero attached hydrogens (tertiary/aromatic N) is 1. The molecule has 0 heterocycles. The van der Waals surface area contributed by atoms with Crippen molar-refractivity contribution < 1.29 is 0 Å². The van der Waals surface area contributed by atoms with Crippen LogP contribution in [0.25, 0.3) is 0 Å². The molecule has 0 atom stereocenters. The van der Waals surface area contributed by atoms with Crippen molar-refractivity contribution in [1.29, 1.82) is 5.26 Å². The first-order valence-corrected chi connectivity index (χ1v) is 7.13. The molecule has 1 nitrogen and oxygen atoms in total. The Hall–Kier alpha value is -2.95. The summed E-state index contributed by atoms with van der Waals surface area (Å²) in [5.41, 5.74) is 3.08. The fraction of sp³-hybridized carbons (Fsp3) is 0.190. The lowest BCUT2D eigenvalue weighted by molar-refractivity contribution is 0.571. The summed E-state index contributed by atoms with van der Waals surface area (Å²) in [4.78, 5) is 0. The fourth-order valence-corrected chi connectivity index (χ4v) is 1.78. The molecule has 0 radical (unpaired) electrons. The van der Waals surface area contributed by atoms with Gasteiger partial charge in [0.15, 0.2) is 0 Å². The maximum atomic E-state index is 9.10. The van der Waals surface area contributed by atoms with Gasteiger partial charge >= 0.3 is 0 Å². The molecule has 2 aromatic carbocycles. The third kappa shape index (κ3) is 4.28. The van der Waals surface area contributed by atoms with Crippen molar-refractivity contribution in [3.63, 3.8) is 0 Å². The molecule has 2 rings (SSSR count). The number of hydrogen-bond donors (Lipinski definition) is 0. The highest BCUT2D eigenvalue weighted by atomic mass is 14.2. The average molecular weight is 283 g/mol. The molecule has 0 aliphatic heterocycles. The van der Waals surface area contributed by atoms with Crippen LogP contribution in [0.4, 0.5) is 0 Å². The van der Waals surface area contributed by atoms with Crippen LogP contribution in [0.2, 0.25) is 0 Å². The second-order valence-corrected chi connectivity index (χ2v) is 5.95. The van der Waals surface area contributed by atoms with E-state index in [1.54, 1.807) is 6.07 Å². The lowest BCUT2D eigenvalue weighted by Gasteiger charge is -2.07. The summed E-state index contributed by atoms with van der Waals surface area (Å²) in [7, 11) is 0. The average Bonchev–Trinajstić information content (AvgIpc) is 2.51. The Morgan fingerprint density at radius 3 is 1.55 bits per heavy atom.